The largest absolute Gasteiger partial charge is 0.494 e. The second kappa shape index (κ2) is 5.94. The van der Waals surface area contributed by atoms with Gasteiger partial charge in [0.2, 0.25) is 0 Å². The Labute approximate surface area is 127 Å². The maximum absolute atomic E-state index is 6.00. The van der Waals surface area contributed by atoms with Crippen LogP contribution in [0.4, 0.5) is 5.69 Å². The molecule has 0 aliphatic rings. The van der Waals surface area contributed by atoms with Crippen LogP contribution in [0.25, 0.3) is 10.9 Å². The number of aliphatic imine (C=N–C) groups is 1. The number of pyridine rings is 1. The van der Waals surface area contributed by atoms with Crippen LogP contribution < -0.4 is 4.74 Å². The smallest absolute Gasteiger partial charge is 0.144 e. The van der Waals surface area contributed by atoms with Crippen LogP contribution in [0.2, 0.25) is 5.02 Å². The van der Waals surface area contributed by atoms with Crippen LogP contribution >= 0.6 is 11.6 Å². The topological polar surface area (TPSA) is 34.5 Å². The van der Waals surface area contributed by atoms with Gasteiger partial charge in [-0.25, -0.2) is 0 Å². The Morgan fingerprint density at radius 3 is 2.90 bits per heavy atom. The molecular formula is C17H13ClN2O. The van der Waals surface area contributed by atoms with E-state index in [2.05, 4.69) is 9.98 Å². The molecule has 3 rings (SSSR count). The summed E-state index contributed by atoms with van der Waals surface area (Å²) >= 11 is 6.00. The van der Waals surface area contributed by atoms with E-state index in [4.69, 9.17) is 16.3 Å². The first kappa shape index (κ1) is 13.6. The highest BCUT2D eigenvalue weighted by Crippen LogP contribution is 2.30. The van der Waals surface area contributed by atoms with Gasteiger partial charge in [0.15, 0.2) is 0 Å². The van der Waals surface area contributed by atoms with E-state index in [1.807, 2.05) is 30.3 Å². The Morgan fingerprint density at radius 1 is 1.14 bits per heavy atom. The Kier molecular flexibility index (Phi) is 3.84. The summed E-state index contributed by atoms with van der Waals surface area (Å²) in [5, 5.41) is 1.71. The number of rotatable bonds is 3. The van der Waals surface area contributed by atoms with E-state index in [0.717, 1.165) is 16.5 Å². The molecule has 0 bridgehead atoms. The minimum Gasteiger partial charge on any atom is -0.494 e. The maximum Gasteiger partial charge on any atom is 0.144 e. The lowest BCUT2D eigenvalue weighted by Crippen LogP contribution is -1.85. The van der Waals surface area contributed by atoms with E-state index in [9.17, 15) is 0 Å². The summed E-state index contributed by atoms with van der Waals surface area (Å²) < 4.78 is 5.28. The molecule has 0 aliphatic heterocycles. The van der Waals surface area contributed by atoms with Crippen molar-refractivity contribution in [2.45, 2.75) is 0 Å². The van der Waals surface area contributed by atoms with Crippen molar-refractivity contribution in [3.8, 4) is 5.75 Å². The first-order valence-corrected chi connectivity index (χ1v) is 6.86. The fraction of sp³-hybridized carbons (Fsp3) is 0.0588. The van der Waals surface area contributed by atoms with E-state index in [1.54, 1.807) is 37.7 Å². The van der Waals surface area contributed by atoms with E-state index in [-0.39, 0.29) is 0 Å². The minimum atomic E-state index is 0.630. The third-order valence-corrected chi connectivity index (χ3v) is 3.36. The van der Waals surface area contributed by atoms with Crippen LogP contribution in [0.5, 0.6) is 5.75 Å². The van der Waals surface area contributed by atoms with Crippen molar-refractivity contribution >= 4 is 34.4 Å². The summed E-state index contributed by atoms with van der Waals surface area (Å²) in [6.07, 6.45) is 3.58. The number of nitrogens with zero attached hydrogens (tertiary/aromatic N) is 2. The molecule has 0 atom stereocenters. The van der Waals surface area contributed by atoms with Crippen molar-refractivity contribution in [3.05, 3.63) is 65.3 Å². The third-order valence-electron chi connectivity index (χ3n) is 3.12. The highest BCUT2D eigenvalue weighted by atomic mass is 35.5. The number of methoxy groups -OCH3 is 1. The molecular weight excluding hydrogens is 284 g/mol. The lowest BCUT2D eigenvalue weighted by Gasteiger charge is -2.04. The van der Waals surface area contributed by atoms with Crippen molar-refractivity contribution in [1.29, 1.82) is 0 Å². The van der Waals surface area contributed by atoms with Gasteiger partial charge in [-0.15, -0.1) is 0 Å². The molecule has 0 saturated heterocycles. The second-order valence-electron chi connectivity index (χ2n) is 4.53. The highest BCUT2D eigenvalue weighted by Gasteiger charge is 2.02. The van der Waals surface area contributed by atoms with Gasteiger partial charge in [0, 0.05) is 22.8 Å². The lowest BCUT2D eigenvalue weighted by atomic mass is 10.1. The lowest BCUT2D eigenvalue weighted by molar-refractivity contribution is 0.416. The molecule has 0 unspecified atom stereocenters. The average Bonchev–Trinajstić information content (AvgIpc) is 2.53. The van der Waals surface area contributed by atoms with Crippen LogP contribution in [-0.2, 0) is 0 Å². The van der Waals surface area contributed by atoms with E-state index >= 15 is 0 Å². The van der Waals surface area contributed by atoms with Crippen LogP contribution in [0.3, 0.4) is 0 Å². The van der Waals surface area contributed by atoms with Crippen LogP contribution in [0.1, 0.15) is 5.56 Å². The molecule has 0 amide bonds. The summed E-state index contributed by atoms with van der Waals surface area (Å²) in [5.41, 5.74) is 2.67. The maximum atomic E-state index is 6.00. The summed E-state index contributed by atoms with van der Waals surface area (Å²) in [7, 11) is 1.62. The van der Waals surface area contributed by atoms with Gasteiger partial charge in [-0.1, -0.05) is 23.7 Å². The normalized spacial score (nSPS) is 11.1. The van der Waals surface area contributed by atoms with Crippen molar-refractivity contribution in [3.63, 3.8) is 0 Å². The number of aromatic nitrogens is 1. The molecule has 3 aromatic rings. The SMILES string of the molecule is COc1ccc(Cl)cc1N=Cc1ccc2ncccc2c1. The highest BCUT2D eigenvalue weighted by molar-refractivity contribution is 6.30. The Morgan fingerprint density at radius 2 is 2.05 bits per heavy atom. The summed E-state index contributed by atoms with van der Waals surface area (Å²) in [4.78, 5) is 8.76. The molecule has 0 N–H and O–H groups in total. The zero-order valence-corrected chi connectivity index (χ0v) is 12.2. The second-order valence-corrected chi connectivity index (χ2v) is 4.97. The number of ether oxygens (including phenoxy) is 1. The van der Waals surface area contributed by atoms with Crippen LogP contribution in [0.15, 0.2) is 59.7 Å². The molecule has 1 heterocycles. The van der Waals surface area contributed by atoms with Crippen molar-refractivity contribution in [1.82, 2.24) is 4.98 Å². The number of halogens is 1. The monoisotopic (exact) mass is 296 g/mol. The van der Waals surface area contributed by atoms with Crippen LogP contribution in [0, 0.1) is 0 Å². The van der Waals surface area contributed by atoms with Gasteiger partial charge in [-0.05, 0) is 42.0 Å². The number of fused-ring (bicyclic) bond motifs is 1. The van der Waals surface area contributed by atoms with Gasteiger partial charge in [0.25, 0.3) is 0 Å². The zero-order valence-electron chi connectivity index (χ0n) is 11.5. The van der Waals surface area contributed by atoms with Crippen molar-refractivity contribution in [2.75, 3.05) is 7.11 Å². The van der Waals surface area contributed by atoms with E-state index in [1.165, 1.54) is 0 Å². The quantitative estimate of drug-likeness (QED) is 0.659. The zero-order chi connectivity index (χ0) is 14.7. The summed E-state index contributed by atoms with van der Waals surface area (Å²) in [6, 6.07) is 15.3. The predicted octanol–water partition coefficient (Wildman–Crippen LogP) is 4.65. The van der Waals surface area contributed by atoms with Crippen molar-refractivity contribution in [2.24, 2.45) is 4.99 Å². The predicted molar refractivity (Wildman–Crippen MR) is 87.0 cm³/mol. The summed E-state index contributed by atoms with van der Waals surface area (Å²) in [6.45, 7) is 0. The molecule has 0 saturated carbocycles. The molecule has 0 fully saturated rings. The molecule has 0 spiro atoms. The standard InChI is InChI=1S/C17H13ClN2O/c1-21-17-7-5-14(18)10-16(17)20-11-12-4-6-15-13(9-12)3-2-8-19-15/h2-11H,1H3. The molecule has 2 aromatic carbocycles. The molecule has 1 aromatic heterocycles. The Hall–Kier alpha value is -2.39. The van der Waals surface area contributed by atoms with Crippen molar-refractivity contribution < 1.29 is 4.74 Å². The fourth-order valence-electron chi connectivity index (χ4n) is 2.08. The van der Waals surface area contributed by atoms with Gasteiger partial charge >= 0.3 is 0 Å². The molecule has 3 nitrogen and oxygen atoms in total. The first-order valence-electron chi connectivity index (χ1n) is 6.49. The van der Waals surface area contributed by atoms with E-state index < -0.39 is 0 Å². The van der Waals surface area contributed by atoms with Gasteiger partial charge < -0.3 is 4.74 Å². The minimum absolute atomic E-state index is 0.630. The van der Waals surface area contributed by atoms with Gasteiger partial charge in [-0.2, -0.15) is 0 Å². The van der Waals surface area contributed by atoms with Gasteiger partial charge in [0.05, 0.1) is 12.6 Å². The summed E-state index contributed by atoms with van der Waals surface area (Å²) in [5.74, 6) is 0.693. The fourth-order valence-corrected chi connectivity index (χ4v) is 2.25. The number of hydrogen-bond acceptors (Lipinski definition) is 3. The van der Waals surface area contributed by atoms with E-state index in [0.29, 0.717) is 16.5 Å². The molecule has 0 radical (unpaired) electrons. The van der Waals surface area contributed by atoms with Crippen LogP contribution in [-0.4, -0.2) is 18.3 Å². The average molecular weight is 297 g/mol. The molecule has 21 heavy (non-hydrogen) atoms. The molecule has 4 heteroatoms. The first-order chi connectivity index (χ1) is 10.3. The number of hydrogen-bond donors (Lipinski definition) is 0. The number of benzene rings is 2. The van der Waals surface area contributed by atoms with Gasteiger partial charge in [-0.3, -0.25) is 9.98 Å². The molecule has 0 aliphatic carbocycles. The van der Waals surface area contributed by atoms with Gasteiger partial charge in [0.1, 0.15) is 11.4 Å². The third kappa shape index (κ3) is 3.03. The Balaban J connectivity index is 1.96. The molecule has 104 valence electrons. The Bertz CT molecular complexity index is 815.